The number of benzene rings is 1. The summed E-state index contributed by atoms with van der Waals surface area (Å²) in [6.45, 7) is 8.50. The second kappa shape index (κ2) is 11.5. The molecule has 0 unspecified atom stereocenters. The SMILES string of the molecule is CN=C(NCc1ncc(C(C)(C)C)o1)NCC1CCN(S(=O)(=O)c2ccccc2)CC1.I. The zero-order valence-electron chi connectivity index (χ0n) is 19.2. The molecular weight excluding hydrogens is 541 g/mol. The molecule has 0 aliphatic carbocycles. The molecular formula is C22H34IN5O3S. The molecule has 0 amide bonds. The van der Waals surface area contributed by atoms with Gasteiger partial charge in [0, 0.05) is 32.1 Å². The van der Waals surface area contributed by atoms with Crippen LogP contribution >= 0.6 is 24.0 Å². The Hall–Kier alpha value is -1.66. The smallest absolute Gasteiger partial charge is 0.243 e. The van der Waals surface area contributed by atoms with Crippen LogP contribution in [-0.4, -0.2) is 50.3 Å². The number of sulfonamides is 1. The Balaban J connectivity index is 0.00000363. The van der Waals surface area contributed by atoms with E-state index >= 15 is 0 Å². The lowest BCUT2D eigenvalue weighted by Crippen LogP contribution is -2.44. The summed E-state index contributed by atoms with van der Waals surface area (Å²) in [5, 5.41) is 6.55. The summed E-state index contributed by atoms with van der Waals surface area (Å²) < 4.78 is 32.9. The Morgan fingerprint density at radius 1 is 1.19 bits per heavy atom. The van der Waals surface area contributed by atoms with Crippen molar-refractivity contribution < 1.29 is 12.8 Å². The third-order valence-corrected chi connectivity index (χ3v) is 7.35. The Bertz CT molecular complexity index is 978. The minimum Gasteiger partial charge on any atom is -0.443 e. The van der Waals surface area contributed by atoms with Crippen LogP contribution in [0.3, 0.4) is 0 Å². The standard InChI is InChI=1S/C22H33N5O3S.HI/c1-22(2,3)19-15-24-20(30-19)16-26-21(23-4)25-14-17-10-12-27(13-11-17)31(28,29)18-8-6-5-7-9-18;/h5-9,15,17H,10-14,16H2,1-4H3,(H2,23,25,26);1H. The van der Waals surface area contributed by atoms with Gasteiger partial charge in [0.05, 0.1) is 17.6 Å². The van der Waals surface area contributed by atoms with Crippen molar-refractivity contribution in [1.82, 2.24) is 19.9 Å². The van der Waals surface area contributed by atoms with Gasteiger partial charge in [-0.25, -0.2) is 13.4 Å². The van der Waals surface area contributed by atoms with Crippen LogP contribution in [0.2, 0.25) is 0 Å². The Morgan fingerprint density at radius 2 is 1.84 bits per heavy atom. The van der Waals surface area contributed by atoms with Gasteiger partial charge in [0.1, 0.15) is 5.76 Å². The van der Waals surface area contributed by atoms with Gasteiger partial charge in [-0.2, -0.15) is 4.31 Å². The van der Waals surface area contributed by atoms with Crippen LogP contribution in [0, 0.1) is 5.92 Å². The van der Waals surface area contributed by atoms with Crippen LogP contribution in [0.15, 0.2) is 50.8 Å². The van der Waals surface area contributed by atoms with E-state index in [0.29, 0.717) is 42.3 Å². The molecule has 0 spiro atoms. The number of hydrogen-bond donors (Lipinski definition) is 2. The fourth-order valence-electron chi connectivity index (χ4n) is 3.45. The monoisotopic (exact) mass is 575 g/mol. The highest BCUT2D eigenvalue weighted by Crippen LogP contribution is 2.24. The van der Waals surface area contributed by atoms with E-state index in [2.05, 4.69) is 41.4 Å². The van der Waals surface area contributed by atoms with Crippen molar-refractivity contribution in [2.75, 3.05) is 26.7 Å². The predicted octanol–water partition coefficient (Wildman–Crippen LogP) is 3.36. The Kier molecular flexibility index (Phi) is 9.53. The number of nitrogens with one attached hydrogen (secondary N) is 2. The fraction of sp³-hybridized carbons (Fsp3) is 0.545. The average molecular weight is 576 g/mol. The highest BCUT2D eigenvalue weighted by molar-refractivity contribution is 14.0. The number of aliphatic imine (C=N–C) groups is 1. The van der Waals surface area contributed by atoms with Crippen molar-refractivity contribution in [3.05, 3.63) is 48.2 Å². The summed E-state index contributed by atoms with van der Waals surface area (Å²) in [5.41, 5.74) is -0.0754. The lowest BCUT2D eigenvalue weighted by Gasteiger charge is -2.31. The number of aromatic nitrogens is 1. The second-order valence-electron chi connectivity index (χ2n) is 8.84. The van der Waals surface area contributed by atoms with Crippen LogP contribution in [0.4, 0.5) is 0 Å². The van der Waals surface area contributed by atoms with Crippen LogP contribution < -0.4 is 10.6 Å². The van der Waals surface area contributed by atoms with E-state index in [0.717, 1.165) is 25.1 Å². The van der Waals surface area contributed by atoms with E-state index in [1.807, 2.05) is 6.07 Å². The summed E-state index contributed by atoms with van der Waals surface area (Å²) in [6.07, 6.45) is 3.39. The normalized spacial score (nSPS) is 16.4. The molecule has 178 valence electrons. The Morgan fingerprint density at radius 3 is 2.41 bits per heavy atom. The molecule has 32 heavy (non-hydrogen) atoms. The van der Waals surface area contributed by atoms with Crippen LogP contribution in [0.25, 0.3) is 0 Å². The minimum atomic E-state index is -3.41. The molecule has 1 aromatic heterocycles. The molecule has 2 N–H and O–H groups in total. The van der Waals surface area contributed by atoms with Gasteiger partial charge in [-0.05, 0) is 30.9 Å². The van der Waals surface area contributed by atoms with Gasteiger partial charge < -0.3 is 15.1 Å². The van der Waals surface area contributed by atoms with E-state index < -0.39 is 10.0 Å². The molecule has 1 saturated heterocycles. The van der Waals surface area contributed by atoms with Crippen LogP contribution in [0.1, 0.15) is 45.3 Å². The highest BCUT2D eigenvalue weighted by Gasteiger charge is 2.29. The van der Waals surface area contributed by atoms with Gasteiger partial charge in [0.15, 0.2) is 5.96 Å². The van der Waals surface area contributed by atoms with E-state index in [4.69, 9.17) is 4.42 Å². The summed E-state index contributed by atoms with van der Waals surface area (Å²) in [7, 11) is -1.69. The molecule has 0 radical (unpaired) electrons. The average Bonchev–Trinajstić information content (AvgIpc) is 3.24. The first-order chi connectivity index (χ1) is 14.7. The summed E-state index contributed by atoms with van der Waals surface area (Å²) in [5.74, 6) is 2.53. The minimum absolute atomic E-state index is 0. The van der Waals surface area contributed by atoms with Crippen molar-refractivity contribution in [2.45, 2.75) is 50.5 Å². The number of piperidine rings is 1. The van der Waals surface area contributed by atoms with Crippen molar-refractivity contribution in [3.63, 3.8) is 0 Å². The number of hydrogen-bond acceptors (Lipinski definition) is 5. The maximum Gasteiger partial charge on any atom is 0.243 e. The van der Waals surface area contributed by atoms with Gasteiger partial charge in [-0.3, -0.25) is 4.99 Å². The topological polar surface area (TPSA) is 99.8 Å². The number of nitrogens with zero attached hydrogens (tertiary/aromatic N) is 3. The molecule has 0 saturated carbocycles. The maximum atomic E-state index is 12.8. The Labute approximate surface area is 208 Å². The lowest BCUT2D eigenvalue weighted by atomic mass is 9.94. The number of rotatable bonds is 6. The summed E-state index contributed by atoms with van der Waals surface area (Å²) in [6, 6.07) is 8.63. The van der Waals surface area contributed by atoms with Gasteiger partial charge in [0.2, 0.25) is 15.9 Å². The summed E-state index contributed by atoms with van der Waals surface area (Å²) in [4.78, 5) is 8.94. The molecule has 2 aromatic rings. The first-order valence-corrected chi connectivity index (χ1v) is 12.1. The molecule has 8 nitrogen and oxygen atoms in total. The van der Waals surface area contributed by atoms with E-state index in [1.54, 1.807) is 41.8 Å². The largest absolute Gasteiger partial charge is 0.443 e. The molecule has 0 atom stereocenters. The summed E-state index contributed by atoms with van der Waals surface area (Å²) >= 11 is 0. The zero-order chi connectivity index (χ0) is 22.5. The van der Waals surface area contributed by atoms with Crippen molar-refractivity contribution in [3.8, 4) is 0 Å². The third kappa shape index (κ3) is 6.92. The molecule has 1 fully saturated rings. The second-order valence-corrected chi connectivity index (χ2v) is 10.8. The third-order valence-electron chi connectivity index (χ3n) is 5.44. The highest BCUT2D eigenvalue weighted by atomic mass is 127. The number of oxazole rings is 1. The lowest BCUT2D eigenvalue weighted by molar-refractivity contribution is 0.273. The van der Waals surface area contributed by atoms with Gasteiger partial charge >= 0.3 is 0 Å². The van der Waals surface area contributed by atoms with E-state index in [9.17, 15) is 8.42 Å². The van der Waals surface area contributed by atoms with Crippen molar-refractivity contribution in [2.24, 2.45) is 10.9 Å². The number of halogens is 1. The van der Waals surface area contributed by atoms with Gasteiger partial charge in [-0.1, -0.05) is 39.0 Å². The zero-order valence-corrected chi connectivity index (χ0v) is 22.3. The molecule has 1 aliphatic heterocycles. The molecule has 10 heteroatoms. The van der Waals surface area contributed by atoms with E-state index in [-0.39, 0.29) is 29.4 Å². The molecule has 0 bridgehead atoms. The van der Waals surface area contributed by atoms with E-state index in [1.165, 1.54) is 0 Å². The fourth-order valence-corrected chi connectivity index (χ4v) is 4.95. The van der Waals surface area contributed by atoms with Crippen LogP contribution in [0.5, 0.6) is 0 Å². The molecule has 1 aromatic carbocycles. The van der Waals surface area contributed by atoms with Gasteiger partial charge in [0.25, 0.3) is 0 Å². The molecule has 2 heterocycles. The molecule has 1 aliphatic rings. The van der Waals surface area contributed by atoms with Crippen LogP contribution in [-0.2, 0) is 22.0 Å². The van der Waals surface area contributed by atoms with Crippen molar-refractivity contribution >= 4 is 40.0 Å². The predicted molar refractivity (Wildman–Crippen MR) is 137 cm³/mol. The van der Waals surface area contributed by atoms with Gasteiger partial charge in [-0.15, -0.1) is 24.0 Å². The first-order valence-electron chi connectivity index (χ1n) is 10.6. The number of guanidine groups is 1. The maximum absolute atomic E-state index is 12.8. The molecule has 3 rings (SSSR count). The quantitative estimate of drug-likeness (QED) is 0.312. The first kappa shape index (κ1) is 26.6. The van der Waals surface area contributed by atoms with Crippen molar-refractivity contribution in [1.29, 1.82) is 0 Å².